The third kappa shape index (κ3) is 13.3. The van der Waals surface area contributed by atoms with Crippen LogP contribution < -0.4 is 18.9 Å². The summed E-state index contributed by atoms with van der Waals surface area (Å²) < 4.78 is 27.3. The molecule has 0 unspecified atom stereocenters. The smallest absolute Gasteiger partial charge is 0.343 e. The SMILES string of the molecule is C=C(C)C(=O)OCCCCOc1ccc(C(=O)Oc2ccc(C(=O)Oc3ccc(CCCCCCCCCC)cc3)cc2)cc1OC. The first-order valence-electron chi connectivity index (χ1n) is 16.6. The molecule has 8 nitrogen and oxygen atoms in total. The molecule has 0 saturated carbocycles. The molecule has 0 atom stereocenters. The van der Waals surface area contributed by atoms with E-state index in [-0.39, 0.29) is 17.9 Å². The van der Waals surface area contributed by atoms with E-state index in [4.69, 9.17) is 23.7 Å². The summed E-state index contributed by atoms with van der Waals surface area (Å²) in [6.07, 6.45) is 12.6. The van der Waals surface area contributed by atoms with E-state index in [2.05, 4.69) is 13.5 Å². The van der Waals surface area contributed by atoms with Crippen molar-refractivity contribution in [3.8, 4) is 23.0 Å². The van der Waals surface area contributed by atoms with Crippen LogP contribution in [0.2, 0.25) is 0 Å². The van der Waals surface area contributed by atoms with Gasteiger partial charge in [0.1, 0.15) is 11.5 Å². The lowest BCUT2D eigenvalue weighted by Crippen LogP contribution is -2.11. The summed E-state index contributed by atoms with van der Waals surface area (Å²) >= 11 is 0. The van der Waals surface area contributed by atoms with Crippen molar-refractivity contribution in [2.45, 2.75) is 84.5 Å². The van der Waals surface area contributed by atoms with E-state index >= 15 is 0 Å². The van der Waals surface area contributed by atoms with Crippen molar-refractivity contribution in [3.63, 3.8) is 0 Å². The Balaban J connectivity index is 1.41. The predicted octanol–water partition coefficient (Wildman–Crippen LogP) is 9.10. The summed E-state index contributed by atoms with van der Waals surface area (Å²) in [7, 11) is 1.48. The van der Waals surface area contributed by atoms with Gasteiger partial charge in [-0.3, -0.25) is 0 Å². The normalized spacial score (nSPS) is 10.6. The first kappa shape index (κ1) is 36.9. The molecule has 0 spiro atoms. The molecule has 0 radical (unpaired) electrons. The van der Waals surface area contributed by atoms with Gasteiger partial charge in [0.05, 0.1) is 31.5 Å². The van der Waals surface area contributed by atoms with Gasteiger partial charge in [0.15, 0.2) is 11.5 Å². The minimum atomic E-state index is -0.587. The molecule has 0 amide bonds. The van der Waals surface area contributed by atoms with Crippen LogP contribution in [0.5, 0.6) is 23.0 Å². The highest BCUT2D eigenvalue weighted by Crippen LogP contribution is 2.29. The lowest BCUT2D eigenvalue weighted by atomic mass is 10.0. The molecule has 0 aliphatic rings. The molecule has 0 aliphatic carbocycles. The summed E-state index contributed by atoms with van der Waals surface area (Å²) in [4.78, 5) is 36.9. The Bertz CT molecular complexity index is 1430. The number of benzene rings is 3. The van der Waals surface area contributed by atoms with E-state index in [1.165, 1.54) is 57.6 Å². The molecule has 0 heterocycles. The van der Waals surface area contributed by atoms with Gasteiger partial charge in [-0.05, 0) is 92.8 Å². The zero-order chi connectivity index (χ0) is 33.9. The quantitative estimate of drug-likeness (QED) is 0.0490. The van der Waals surface area contributed by atoms with Gasteiger partial charge in [-0.1, -0.05) is 70.6 Å². The van der Waals surface area contributed by atoms with Crippen LogP contribution in [0, 0.1) is 0 Å². The summed E-state index contributed by atoms with van der Waals surface area (Å²) in [5, 5.41) is 0. The fourth-order valence-electron chi connectivity index (χ4n) is 4.77. The standard InChI is InChI=1S/C39H48O8/c1-5-6-7-8-9-10-11-12-15-30-16-21-33(22-17-30)46-38(41)31-18-23-34(24-19-31)47-39(42)32-20-25-35(36(28-32)43-4)44-26-13-14-27-45-37(40)29(2)3/h16-25,28H,2,5-15,26-27H2,1,3-4H3. The molecule has 0 bridgehead atoms. The van der Waals surface area contributed by atoms with Crippen molar-refractivity contribution >= 4 is 17.9 Å². The predicted molar refractivity (Wildman–Crippen MR) is 183 cm³/mol. The maximum atomic E-state index is 12.8. The van der Waals surface area contributed by atoms with Crippen LogP contribution in [0.25, 0.3) is 0 Å². The average molecular weight is 645 g/mol. The van der Waals surface area contributed by atoms with Crippen LogP contribution in [-0.2, 0) is 16.0 Å². The molecule has 3 rings (SSSR count). The van der Waals surface area contributed by atoms with E-state index in [9.17, 15) is 14.4 Å². The third-order valence-corrected chi connectivity index (χ3v) is 7.53. The van der Waals surface area contributed by atoms with Crippen LogP contribution in [-0.4, -0.2) is 38.2 Å². The number of hydrogen-bond acceptors (Lipinski definition) is 8. The lowest BCUT2D eigenvalue weighted by Gasteiger charge is -2.12. The molecule has 0 aromatic heterocycles. The minimum Gasteiger partial charge on any atom is -0.493 e. The molecule has 0 fully saturated rings. The maximum Gasteiger partial charge on any atom is 0.343 e. The molecule has 8 heteroatoms. The molecule has 3 aromatic carbocycles. The molecule has 252 valence electrons. The largest absolute Gasteiger partial charge is 0.493 e. The summed E-state index contributed by atoms with van der Waals surface area (Å²) in [6.45, 7) is 8.05. The Kier molecular flexibility index (Phi) is 16.1. The highest BCUT2D eigenvalue weighted by atomic mass is 16.5. The van der Waals surface area contributed by atoms with E-state index in [0.717, 1.165) is 12.8 Å². The van der Waals surface area contributed by atoms with Crippen molar-refractivity contribution in [3.05, 3.63) is 95.6 Å². The van der Waals surface area contributed by atoms with E-state index in [0.29, 0.717) is 47.8 Å². The van der Waals surface area contributed by atoms with Crippen LogP contribution in [0.3, 0.4) is 0 Å². The fraction of sp³-hybridized carbons (Fsp3) is 0.410. The minimum absolute atomic E-state index is 0.273. The molecular weight excluding hydrogens is 596 g/mol. The second-order valence-electron chi connectivity index (χ2n) is 11.5. The molecule has 0 N–H and O–H groups in total. The van der Waals surface area contributed by atoms with E-state index in [1.807, 2.05) is 24.3 Å². The Morgan fingerprint density at radius 1 is 0.638 bits per heavy atom. The second kappa shape index (κ2) is 20.5. The fourth-order valence-corrected chi connectivity index (χ4v) is 4.77. The monoisotopic (exact) mass is 644 g/mol. The highest BCUT2D eigenvalue weighted by Gasteiger charge is 2.15. The van der Waals surface area contributed by atoms with Gasteiger partial charge in [-0.25, -0.2) is 14.4 Å². The van der Waals surface area contributed by atoms with Crippen molar-refractivity contribution in [2.24, 2.45) is 0 Å². The summed E-state index contributed by atoms with van der Waals surface area (Å²) in [5.41, 5.74) is 2.21. The Morgan fingerprint density at radius 3 is 1.81 bits per heavy atom. The number of esters is 3. The number of hydrogen-bond donors (Lipinski definition) is 0. The van der Waals surface area contributed by atoms with Gasteiger partial charge in [0.25, 0.3) is 0 Å². The first-order valence-corrected chi connectivity index (χ1v) is 16.6. The van der Waals surface area contributed by atoms with Crippen molar-refractivity contribution in [1.82, 2.24) is 0 Å². The topological polar surface area (TPSA) is 97.4 Å². The number of unbranched alkanes of at least 4 members (excludes halogenated alkanes) is 8. The van der Waals surface area contributed by atoms with Gasteiger partial charge in [0, 0.05) is 5.57 Å². The molecular formula is C39H48O8. The lowest BCUT2D eigenvalue weighted by molar-refractivity contribution is -0.139. The van der Waals surface area contributed by atoms with E-state index < -0.39 is 17.9 Å². The molecule has 47 heavy (non-hydrogen) atoms. The second-order valence-corrected chi connectivity index (χ2v) is 11.5. The molecule has 0 aliphatic heterocycles. The van der Waals surface area contributed by atoms with E-state index in [1.54, 1.807) is 49.4 Å². The highest BCUT2D eigenvalue weighted by molar-refractivity contribution is 5.93. The first-order chi connectivity index (χ1) is 22.8. The third-order valence-electron chi connectivity index (χ3n) is 7.53. The molecule has 3 aromatic rings. The van der Waals surface area contributed by atoms with Crippen molar-refractivity contribution in [1.29, 1.82) is 0 Å². The Labute approximate surface area is 279 Å². The maximum absolute atomic E-state index is 12.8. The van der Waals surface area contributed by atoms with Crippen molar-refractivity contribution < 1.29 is 38.1 Å². The van der Waals surface area contributed by atoms with Gasteiger partial charge >= 0.3 is 17.9 Å². The van der Waals surface area contributed by atoms with Crippen LogP contribution in [0.1, 0.15) is 104 Å². The van der Waals surface area contributed by atoms with Crippen LogP contribution >= 0.6 is 0 Å². The summed E-state index contributed by atoms with van der Waals surface area (Å²) in [5.74, 6) is 0.132. The number of ether oxygens (including phenoxy) is 5. The van der Waals surface area contributed by atoms with Crippen LogP contribution in [0.15, 0.2) is 78.9 Å². The van der Waals surface area contributed by atoms with Gasteiger partial charge in [-0.15, -0.1) is 0 Å². The number of methoxy groups -OCH3 is 1. The zero-order valence-corrected chi connectivity index (χ0v) is 28.0. The Hall–Kier alpha value is -4.59. The van der Waals surface area contributed by atoms with Gasteiger partial charge in [-0.2, -0.15) is 0 Å². The number of carbonyl (C=O) groups excluding carboxylic acids is 3. The number of carbonyl (C=O) groups is 3. The van der Waals surface area contributed by atoms with Gasteiger partial charge in [0.2, 0.25) is 0 Å². The Morgan fingerprint density at radius 2 is 1.19 bits per heavy atom. The van der Waals surface area contributed by atoms with Gasteiger partial charge < -0.3 is 23.7 Å². The van der Waals surface area contributed by atoms with Crippen molar-refractivity contribution in [2.75, 3.05) is 20.3 Å². The van der Waals surface area contributed by atoms with Crippen LogP contribution in [0.4, 0.5) is 0 Å². The number of aryl methyl sites for hydroxylation is 1. The summed E-state index contributed by atoms with van der Waals surface area (Å²) in [6, 6.07) is 18.6. The average Bonchev–Trinajstić information content (AvgIpc) is 3.08. The zero-order valence-electron chi connectivity index (χ0n) is 28.0. The molecule has 0 saturated heterocycles. The number of rotatable bonds is 21.